The molecule has 82 valence electrons. The molecule has 3 nitrogen and oxygen atoms in total. The zero-order chi connectivity index (χ0) is 11.4. The van der Waals surface area contributed by atoms with E-state index in [2.05, 4.69) is 0 Å². The number of ether oxygens (including phenoxy) is 1. The van der Waals surface area contributed by atoms with E-state index in [-0.39, 0.29) is 17.4 Å². The minimum absolute atomic E-state index is 0.100. The number of nitrogen functional groups attached to an aromatic ring is 1. The lowest BCUT2D eigenvalue weighted by Gasteiger charge is -2.11. The maximum Gasteiger partial charge on any atom is 0.340 e. The molecule has 4 heteroatoms. The van der Waals surface area contributed by atoms with Crippen LogP contribution in [0.2, 0.25) is 0 Å². The summed E-state index contributed by atoms with van der Waals surface area (Å²) in [5.74, 6) is -0.977. The molecule has 1 atom stereocenters. The van der Waals surface area contributed by atoms with Crippen LogP contribution in [0.3, 0.4) is 0 Å². The third kappa shape index (κ3) is 2.94. The Hall–Kier alpha value is -1.58. The standard InChI is InChI=1S/C11H14FNO2/c1-3-7(2)15-11(14)9-5-4-8(12)6-10(9)13/h4-7H,3,13H2,1-2H3. The van der Waals surface area contributed by atoms with Crippen LogP contribution in [-0.4, -0.2) is 12.1 Å². The first-order valence-electron chi connectivity index (χ1n) is 4.80. The molecule has 1 unspecified atom stereocenters. The van der Waals surface area contributed by atoms with E-state index < -0.39 is 11.8 Å². The summed E-state index contributed by atoms with van der Waals surface area (Å²) in [6.07, 6.45) is 0.564. The Morgan fingerprint density at radius 3 is 2.80 bits per heavy atom. The van der Waals surface area contributed by atoms with Gasteiger partial charge < -0.3 is 10.5 Å². The average molecular weight is 211 g/mol. The van der Waals surface area contributed by atoms with E-state index in [4.69, 9.17) is 10.5 Å². The number of rotatable bonds is 3. The first kappa shape index (κ1) is 11.5. The van der Waals surface area contributed by atoms with Crippen molar-refractivity contribution in [1.29, 1.82) is 0 Å². The normalized spacial score (nSPS) is 12.2. The fraction of sp³-hybridized carbons (Fsp3) is 0.364. The van der Waals surface area contributed by atoms with Crippen LogP contribution in [0.5, 0.6) is 0 Å². The van der Waals surface area contributed by atoms with E-state index in [1.807, 2.05) is 6.92 Å². The van der Waals surface area contributed by atoms with Gasteiger partial charge in [0.2, 0.25) is 0 Å². The SMILES string of the molecule is CCC(C)OC(=O)c1ccc(F)cc1N. The maximum atomic E-state index is 12.7. The van der Waals surface area contributed by atoms with Crippen molar-refractivity contribution in [2.45, 2.75) is 26.4 Å². The molecule has 0 aliphatic carbocycles. The van der Waals surface area contributed by atoms with Crippen molar-refractivity contribution >= 4 is 11.7 Å². The fourth-order valence-electron chi connectivity index (χ4n) is 1.05. The van der Waals surface area contributed by atoms with E-state index in [1.54, 1.807) is 6.92 Å². The molecule has 1 aromatic carbocycles. The summed E-state index contributed by atoms with van der Waals surface area (Å²) in [5, 5.41) is 0. The summed E-state index contributed by atoms with van der Waals surface area (Å²) in [7, 11) is 0. The molecule has 0 radical (unpaired) electrons. The number of esters is 1. The van der Waals surface area contributed by atoms with Crippen LogP contribution in [0.4, 0.5) is 10.1 Å². The molecule has 1 aromatic rings. The van der Waals surface area contributed by atoms with Crippen molar-refractivity contribution in [2.75, 3.05) is 5.73 Å². The van der Waals surface area contributed by atoms with E-state index >= 15 is 0 Å². The quantitative estimate of drug-likeness (QED) is 0.616. The molecule has 0 aliphatic heterocycles. The Bertz CT molecular complexity index is 366. The van der Waals surface area contributed by atoms with Gasteiger partial charge in [-0.1, -0.05) is 6.92 Å². The molecule has 15 heavy (non-hydrogen) atoms. The summed E-state index contributed by atoms with van der Waals surface area (Å²) in [5.41, 5.74) is 5.80. The molecule has 0 amide bonds. The van der Waals surface area contributed by atoms with Gasteiger partial charge in [0.1, 0.15) is 5.82 Å². The lowest BCUT2D eigenvalue weighted by Crippen LogP contribution is -2.15. The summed E-state index contributed by atoms with van der Waals surface area (Å²) >= 11 is 0. The highest BCUT2D eigenvalue weighted by Gasteiger charge is 2.13. The minimum Gasteiger partial charge on any atom is -0.459 e. The highest BCUT2D eigenvalue weighted by atomic mass is 19.1. The number of carbonyl (C=O) groups is 1. The Balaban J connectivity index is 2.82. The van der Waals surface area contributed by atoms with Crippen molar-refractivity contribution in [3.63, 3.8) is 0 Å². The molecule has 0 saturated carbocycles. The second-order valence-corrected chi connectivity index (χ2v) is 3.36. The Morgan fingerprint density at radius 1 is 1.60 bits per heavy atom. The van der Waals surface area contributed by atoms with Gasteiger partial charge in [0.05, 0.1) is 11.7 Å². The molecule has 0 saturated heterocycles. The van der Waals surface area contributed by atoms with Gasteiger partial charge in [0.15, 0.2) is 0 Å². The number of nitrogens with two attached hydrogens (primary N) is 1. The first-order chi connectivity index (χ1) is 7.04. The second-order valence-electron chi connectivity index (χ2n) is 3.36. The van der Waals surface area contributed by atoms with E-state index in [1.165, 1.54) is 12.1 Å². The molecular weight excluding hydrogens is 197 g/mol. The third-order valence-corrected chi connectivity index (χ3v) is 2.12. The van der Waals surface area contributed by atoms with Gasteiger partial charge in [-0.25, -0.2) is 9.18 Å². The number of anilines is 1. The van der Waals surface area contributed by atoms with Gasteiger partial charge in [0.25, 0.3) is 0 Å². The zero-order valence-corrected chi connectivity index (χ0v) is 8.79. The van der Waals surface area contributed by atoms with Gasteiger partial charge >= 0.3 is 5.97 Å². The zero-order valence-electron chi connectivity index (χ0n) is 8.79. The molecule has 0 spiro atoms. The van der Waals surface area contributed by atoms with Crippen LogP contribution < -0.4 is 5.73 Å². The number of benzene rings is 1. The van der Waals surface area contributed by atoms with Crippen LogP contribution in [-0.2, 0) is 4.74 Å². The Kier molecular flexibility index (Phi) is 3.66. The average Bonchev–Trinajstić information content (AvgIpc) is 2.17. The molecule has 2 N–H and O–H groups in total. The minimum atomic E-state index is -0.512. The van der Waals surface area contributed by atoms with Crippen LogP contribution in [0.15, 0.2) is 18.2 Å². The monoisotopic (exact) mass is 211 g/mol. The predicted molar refractivity (Wildman–Crippen MR) is 56.0 cm³/mol. The van der Waals surface area contributed by atoms with Crippen molar-refractivity contribution in [1.82, 2.24) is 0 Å². The number of hydrogen-bond donors (Lipinski definition) is 1. The Morgan fingerprint density at radius 2 is 2.27 bits per heavy atom. The number of hydrogen-bond acceptors (Lipinski definition) is 3. The fourth-order valence-corrected chi connectivity index (χ4v) is 1.05. The van der Waals surface area contributed by atoms with E-state index in [9.17, 15) is 9.18 Å². The third-order valence-electron chi connectivity index (χ3n) is 2.12. The summed E-state index contributed by atoms with van der Waals surface area (Å²) in [4.78, 5) is 11.5. The summed E-state index contributed by atoms with van der Waals surface area (Å²) in [6.45, 7) is 3.70. The second kappa shape index (κ2) is 4.77. The van der Waals surface area contributed by atoms with Crippen molar-refractivity contribution < 1.29 is 13.9 Å². The Labute approximate surface area is 88.0 Å². The highest BCUT2D eigenvalue weighted by Crippen LogP contribution is 2.15. The molecular formula is C11H14FNO2. The van der Waals surface area contributed by atoms with Gasteiger partial charge in [-0.2, -0.15) is 0 Å². The van der Waals surface area contributed by atoms with Gasteiger partial charge in [-0.15, -0.1) is 0 Å². The highest BCUT2D eigenvalue weighted by molar-refractivity contribution is 5.95. The van der Waals surface area contributed by atoms with Crippen LogP contribution >= 0.6 is 0 Å². The van der Waals surface area contributed by atoms with Crippen molar-refractivity contribution in [2.24, 2.45) is 0 Å². The number of carbonyl (C=O) groups excluding carboxylic acids is 1. The molecule has 1 rings (SSSR count). The predicted octanol–water partition coefficient (Wildman–Crippen LogP) is 2.36. The van der Waals surface area contributed by atoms with Gasteiger partial charge in [0, 0.05) is 5.69 Å². The van der Waals surface area contributed by atoms with Crippen LogP contribution in [0.25, 0.3) is 0 Å². The lowest BCUT2D eigenvalue weighted by molar-refractivity contribution is 0.0336. The van der Waals surface area contributed by atoms with Gasteiger partial charge in [-0.3, -0.25) is 0 Å². The molecule has 0 fully saturated rings. The summed E-state index contributed by atoms with van der Waals surface area (Å²) < 4.78 is 17.8. The topological polar surface area (TPSA) is 52.3 Å². The maximum absolute atomic E-state index is 12.7. The van der Waals surface area contributed by atoms with Crippen molar-refractivity contribution in [3.8, 4) is 0 Å². The molecule has 0 aliphatic rings. The van der Waals surface area contributed by atoms with E-state index in [0.717, 1.165) is 12.5 Å². The summed E-state index contributed by atoms with van der Waals surface area (Å²) in [6, 6.07) is 3.62. The van der Waals surface area contributed by atoms with E-state index in [0.29, 0.717) is 0 Å². The lowest BCUT2D eigenvalue weighted by atomic mass is 10.2. The molecule has 0 aromatic heterocycles. The van der Waals surface area contributed by atoms with Gasteiger partial charge in [-0.05, 0) is 31.5 Å². The largest absolute Gasteiger partial charge is 0.459 e. The van der Waals surface area contributed by atoms with Crippen molar-refractivity contribution in [3.05, 3.63) is 29.6 Å². The number of halogens is 1. The van der Waals surface area contributed by atoms with Crippen LogP contribution in [0, 0.1) is 5.82 Å². The first-order valence-corrected chi connectivity index (χ1v) is 4.80. The van der Waals surface area contributed by atoms with Crippen LogP contribution in [0.1, 0.15) is 30.6 Å². The smallest absolute Gasteiger partial charge is 0.340 e. The molecule has 0 heterocycles. The molecule has 0 bridgehead atoms.